The standard InChI is InChI=1S/C21H27N3O4S2/c1-22-10-5-6-16(22)14-17-19(26)24(21(29)30-17)11-4-2-3-7-18(25)23-12-8-15(9-13-23)20(27)28/h5-6,10,14-15H,2-4,7-9,11-13H2,1H3,(H,27,28). The summed E-state index contributed by atoms with van der Waals surface area (Å²) < 4.78 is 2.53. The fourth-order valence-electron chi connectivity index (χ4n) is 3.71. The normalized spacial score (nSPS) is 19.2. The Morgan fingerprint density at radius 1 is 1.27 bits per heavy atom. The molecule has 2 fully saturated rings. The molecular formula is C21H27N3O4S2. The monoisotopic (exact) mass is 449 g/mol. The minimum atomic E-state index is -0.767. The number of aliphatic carboxylic acids is 1. The molecule has 0 aromatic carbocycles. The molecule has 0 aliphatic carbocycles. The highest BCUT2D eigenvalue weighted by molar-refractivity contribution is 8.26. The van der Waals surface area contributed by atoms with Crippen molar-refractivity contribution in [2.75, 3.05) is 19.6 Å². The van der Waals surface area contributed by atoms with Gasteiger partial charge in [0.2, 0.25) is 5.91 Å². The molecule has 7 nitrogen and oxygen atoms in total. The molecule has 0 atom stereocenters. The second kappa shape index (κ2) is 10.3. The van der Waals surface area contributed by atoms with Gasteiger partial charge in [0.25, 0.3) is 5.91 Å². The Morgan fingerprint density at radius 3 is 2.63 bits per heavy atom. The summed E-state index contributed by atoms with van der Waals surface area (Å²) in [5.41, 5.74) is 0.960. The first-order valence-electron chi connectivity index (χ1n) is 10.2. The maximum Gasteiger partial charge on any atom is 0.306 e. The van der Waals surface area contributed by atoms with E-state index in [0.29, 0.717) is 48.1 Å². The van der Waals surface area contributed by atoms with Crippen molar-refractivity contribution in [1.29, 1.82) is 0 Å². The van der Waals surface area contributed by atoms with Crippen molar-refractivity contribution in [3.63, 3.8) is 0 Å². The molecule has 0 spiro atoms. The molecule has 0 saturated carbocycles. The van der Waals surface area contributed by atoms with Gasteiger partial charge in [-0.05, 0) is 43.9 Å². The highest BCUT2D eigenvalue weighted by Crippen LogP contribution is 2.32. The Balaban J connectivity index is 1.37. The van der Waals surface area contributed by atoms with E-state index in [1.165, 1.54) is 11.8 Å². The third-order valence-electron chi connectivity index (χ3n) is 5.61. The first-order valence-corrected chi connectivity index (χ1v) is 11.5. The number of hydrogen-bond donors (Lipinski definition) is 1. The zero-order valence-corrected chi connectivity index (χ0v) is 18.7. The highest BCUT2D eigenvalue weighted by atomic mass is 32.2. The fraction of sp³-hybridized carbons (Fsp3) is 0.524. The van der Waals surface area contributed by atoms with Crippen molar-refractivity contribution in [3.8, 4) is 0 Å². The minimum Gasteiger partial charge on any atom is -0.481 e. The number of piperidine rings is 1. The SMILES string of the molecule is Cn1cccc1C=C1SC(=S)N(CCCCCC(=O)N2CCC(C(=O)O)CC2)C1=O. The van der Waals surface area contributed by atoms with Gasteiger partial charge in [-0.25, -0.2) is 0 Å². The molecule has 2 saturated heterocycles. The van der Waals surface area contributed by atoms with Crippen LogP contribution in [0.25, 0.3) is 6.08 Å². The number of hydrogen-bond acceptors (Lipinski definition) is 5. The number of amides is 2. The number of carbonyl (C=O) groups excluding carboxylic acids is 2. The first-order chi connectivity index (χ1) is 14.4. The summed E-state index contributed by atoms with van der Waals surface area (Å²) in [6.07, 6.45) is 7.71. The Bertz CT molecular complexity index is 856. The van der Waals surface area contributed by atoms with Crippen LogP contribution in [0.5, 0.6) is 0 Å². The fourth-order valence-corrected chi connectivity index (χ4v) is 5.00. The van der Waals surface area contributed by atoms with E-state index in [-0.39, 0.29) is 17.7 Å². The summed E-state index contributed by atoms with van der Waals surface area (Å²) in [6, 6.07) is 3.88. The van der Waals surface area contributed by atoms with Gasteiger partial charge in [0.1, 0.15) is 4.32 Å². The Kier molecular flexibility index (Phi) is 7.71. The van der Waals surface area contributed by atoms with Crippen LogP contribution in [-0.4, -0.2) is 61.2 Å². The zero-order valence-electron chi connectivity index (χ0n) is 17.1. The van der Waals surface area contributed by atoms with E-state index in [2.05, 4.69) is 0 Å². The van der Waals surface area contributed by atoms with Crippen LogP contribution >= 0.6 is 24.0 Å². The third kappa shape index (κ3) is 5.51. The number of unbranched alkanes of at least 4 members (excludes halogenated alkanes) is 2. The summed E-state index contributed by atoms with van der Waals surface area (Å²) in [5.74, 6) is -1.05. The van der Waals surface area contributed by atoms with Crippen LogP contribution in [0.3, 0.4) is 0 Å². The van der Waals surface area contributed by atoms with Crippen molar-refractivity contribution in [2.24, 2.45) is 13.0 Å². The quantitative estimate of drug-likeness (QED) is 0.373. The van der Waals surface area contributed by atoms with Gasteiger partial charge in [0.05, 0.1) is 10.8 Å². The minimum absolute atomic E-state index is 0.0522. The van der Waals surface area contributed by atoms with Crippen LogP contribution in [0.15, 0.2) is 23.2 Å². The second-order valence-corrected chi connectivity index (χ2v) is 9.36. The summed E-state index contributed by atoms with van der Waals surface area (Å²) >= 11 is 6.71. The van der Waals surface area contributed by atoms with Gasteiger partial charge in [-0.3, -0.25) is 19.3 Å². The number of carboxylic acid groups (broad SMARTS) is 1. The van der Waals surface area contributed by atoms with E-state index in [9.17, 15) is 14.4 Å². The van der Waals surface area contributed by atoms with E-state index >= 15 is 0 Å². The number of carbonyl (C=O) groups is 3. The molecule has 3 heterocycles. The lowest BCUT2D eigenvalue weighted by molar-refractivity contribution is -0.145. The highest BCUT2D eigenvalue weighted by Gasteiger charge is 2.31. The van der Waals surface area contributed by atoms with Crippen LogP contribution in [0.2, 0.25) is 0 Å². The lowest BCUT2D eigenvalue weighted by Crippen LogP contribution is -2.40. The Labute approximate surface area is 186 Å². The first kappa shape index (κ1) is 22.6. The van der Waals surface area contributed by atoms with E-state index in [1.54, 1.807) is 9.80 Å². The number of aryl methyl sites for hydroxylation is 1. The Morgan fingerprint density at radius 2 is 2.00 bits per heavy atom. The van der Waals surface area contributed by atoms with Crippen LogP contribution in [0, 0.1) is 5.92 Å². The molecule has 3 rings (SSSR count). The van der Waals surface area contributed by atoms with Crippen LogP contribution in [-0.2, 0) is 21.4 Å². The molecule has 0 radical (unpaired) electrons. The van der Waals surface area contributed by atoms with Gasteiger partial charge in [-0.2, -0.15) is 0 Å². The predicted molar refractivity (Wildman–Crippen MR) is 121 cm³/mol. The summed E-state index contributed by atoms with van der Waals surface area (Å²) in [7, 11) is 1.93. The average Bonchev–Trinajstić information content (AvgIpc) is 3.25. The maximum absolute atomic E-state index is 12.6. The number of likely N-dealkylation sites (tertiary alicyclic amines) is 1. The average molecular weight is 450 g/mol. The van der Waals surface area contributed by atoms with E-state index < -0.39 is 5.97 Å². The van der Waals surface area contributed by atoms with Crippen molar-refractivity contribution in [2.45, 2.75) is 38.5 Å². The summed E-state index contributed by atoms with van der Waals surface area (Å²) in [6.45, 7) is 1.62. The maximum atomic E-state index is 12.6. The number of thioether (sulfide) groups is 1. The Hall–Kier alpha value is -2.13. The molecule has 1 aromatic rings. The summed E-state index contributed by atoms with van der Waals surface area (Å²) in [5, 5.41) is 9.04. The van der Waals surface area contributed by atoms with Crippen molar-refractivity contribution in [1.82, 2.24) is 14.4 Å². The molecular weight excluding hydrogens is 422 g/mol. The number of carboxylic acids is 1. The van der Waals surface area contributed by atoms with Crippen LogP contribution in [0.4, 0.5) is 0 Å². The predicted octanol–water partition coefficient (Wildman–Crippen LogP) is 3.11. The van der Waals surface area contributed by atoms with Gasteiger partial charge in [-0.1, -0.05) is 30.4 Å². The number of rotatable bonds is 8. The van der Waals surface area contributed by atoms with Crippen molar-refractivity contribution in [3.05, 3.63) is 28.9 Å². The van der Waals surface area contributed by atoms with E-state index in [1.807, 2.05) is 36.0 Å². The van der Waals surface area contributed by atoms with Gasteiger partial charge in [0, 0.05) is 45.0 Å². The van der Waals surface area contributed by atoms with Gasteiger partial charge >= 0.3 is 5.97 Å². The third-order valence-corrected chi connectivity index (χ3v) is 6.98. The van der Waals surface area contributed by atoms with Crippen LogP contribution in [0.1, 0.15) is 44.2 Å². The molecule has 0 bridgehead atoms. The second-order valence-electron chi connectivity index (χ2n) is 7.68. The van der Waals surface area contributed by atoms with Crippen molar-refractivity contribution < 1.29 is 19.5 Å². The molecule has 1 N–H and O–H groups in total. The van der Waals surface area contributed by atoms with E-state index in [4.69, 9.17) is 17.3 Å². The van der Waals surface area contributed by atoms with E-state index in [0.717, 1.165) is 25.0 Å². The lowest BCUT2D eigenvalue weighted by Gasteiger charge is -2.30. The number of aromatic nitrogens is 1. The smallest absolute Gasteiger partial charge is 0.306 e. The number of nitrogens with zero attached hydrogens (tertiary/aromatic N) is 3. The molecule has 9 heteroatoms. The van der Waals surface area contributed by atoms with Gasteiger partial charge < -0.3 is 14.6 Å². The molecule has 30 heavy (non-hydrogen) atoms. The topological polar surface area (TPSA) is 82.8 Å². The molecule has 2 amide bonds. The molecule has 2 aliphatic rings. The summed E-state index contributed by atoms with van der Waals surface area (Å²) in [4.78, 5) is 40.0. The van der Waals surface area contributed by atoms with Gasteiger partial charge in [0.15, 0.2) is 0 Å². The van der Waals surface area contributed by atoms with Gasteiger partial charge in [-0.15, -0.1) is 0 Å². The number of thiocarbonyl (C=S) groups is 1. The molecule has 2 aliphatic heterocycles. The largest absolute Gasteiger partial charge is 0.481 e. The molecule has 162 valence electrons. The molecule has 1 aromatic heterocycles. The van der Waals surface area contributed by atoms with Crippen LogP contribution < -0.4 is 0 Å². The van der Waals surface area contributed by atoms with Crippen molar-refractivity contribution >= 4 is 52.2 Å². The molecule has 0 unspecified atom stereocenters. The zero-order chi connectivity index (χ0) is 21.7. The lowest BCUT2D eigenvalue weighted by atomic mass is 9.97.